The van der Waals surface area contributed by atoms with E-state index in [0.717, 1.165) is 30.4 Å². The van der Waals surface area contributed by atoms with Gasteiger partial charge in [-0.1, -0.05) is 6.92 Å². The number of aromatic nitrogens is 2. The van der Waals surface area contributed by atoms with Crippen molar-refractivity contribution in [2.45, 2.75) is 25.8 Å². The zero-order chi connectivity index (χ0) is 13.3. The summed E-state index contributed by atoms with van der Waals surface area (Å²) in [5, 5.41) is 0. The van der Waals surface area contributed by atoms with Gasteiger partial charge in [-0.2, -0.15) is 0 Å². The number of hydrogen-bond donors (Lipinski definition) is 0. The minimum atomic E-state index is 0.441. The highest BCUT2D eigenvalue weighted by Crippen LogP contribution is 2.24. The molecule has 0 aromatic carbocycles. The molecule has 1 aromatic rings. The van der Waals surface area contributed by atoms with E-state index in [9.17, 15) is 0 Å². The number of rotatable bonds is 3. The Balaban J connectivity index is 2.20. The smallest absolute Gasteiger partial charge is 0.225 e. The molecule has 0 saturated carbocycles. The Morgan fingerprint density at radius 1 is 1.39 bits per heavy atom. The summed E-state index contributed by atoms with van der Waals surface area (Å²) in [6.45, 7) is 6.26. The Kier molecular flexibility index (Phi) is 4.07. The van der Waals surface area contributed by atoms with Gasteiger partial charge in [0.1, 0.15) is 0 Å². The van der Waals surface area contributed by atoms with Gasteiger partial charge in [0.25, 0.3) is 0 Å². The van der Waals surface area contributed by atoms with Crippen LogP contribution in [0.3, 0.4) is 0 Å². The summed E-state index contributed by atoms with van der Waals surface area (Å²) in [5.41, 5.74) is 1.89. The van der Waals surface area contributed by atoms with Crippen molar-refractivity contribution in [3.05, 3.63) is 17.5 Å². The quantitative estimate of drug-likeness (QED) is 0.784. The Labute approximate surface area is 114 Å². The summed E-state index contributed by atoms with van der Waals surface area (Å²) in [7, 11) is 4.26. The van der Waals surface area contributed by atoms with E-state index in [1.807, 2.05) is 13.0 Å². The first-order valence-corrected chi connectivity index (χ1v) is 6.86. The number of halogens is 1. The van der Waals surface area contributed by atoms with Crippen LogP contribution < -0.4 is 4.90 Å². The summed E-state index contributed by atoms with van der Waals surface area (Å²) in [6, 6.07) is 2.51. The molecule has 0 spiro atoms. The number of anilines is 1. The van der Waals surface area contributed by atoms with Crippen molar-refractivity contribution < 1.29 is 0 Å². The van der Waals surface area contributed by atoms with Gasteiger partial charge in [0, 0.05) is 24.8 Å². The minimum absolute atomic E-state index is 0.441. The molecule has 1 aliphatic rings. The molecule has 1 saturated heterocycles. The molecule has 1 aromatic heterocycles. The van der Waals surface area contributed by atoms with Gasteiger partial charge in [0.15, 0.2) is 0 Å². The lowest BCUT2D eigenvalue weighted by Gasteiger charge is -2.22. The molecule has 18 heavy (non-hydrogen) atoms. The summed E-state index contributed by atoms with van der Waals surface area (Å²) >= 11 is 5.87. The number of likely N-dealkylation sites (N-methyl/N-ethyl adjacent to an activating group) is 1. The fraction of sp³-hybridized carbons (Fsp3) is 0.692. The molecule has 0 N–H and O–H groups in total. The van der Waals surface area contributed by atoms with Crippen molar-refractivity contribution >= 4 is 17.5 Å². The largest absolute Gasteiger partial charge is 0.339 e. The summed E-state index contributed by atoms with van der Waals surface area (Å²) in [4.78, 5) is 13.6. The Bertz CT molecular complexity index is 421. The van der Waals surface area contributed by atoms with Crippen LogP contribution in [0.5, 0.6) is 0 Å². The van der Waals surface area contributed by atoms with Gasteiger partial charge in [-0.15, -0.1) is 11.6 Å². The second-order valence-corrected chi connectivity index (χ2v) is 5.61. The third kappa shape index (κ3) is 2.75. The lowest BCUT2D eigenvalue weighted by atomic mass is 10.1. The number of hydrogen-bond acceptors (Lipinski definition) is 4. The first-order chi connectivity index (χ1) is 8.51. The van der Waals surface area contributed by atoms with Crippen LogP contribution in [0.1, 0.15) is 18.3 Å². The Morgan fingerprint density at radius 3 is 2.67 bits per heavy atom. The van der Waals surface area contributed by atoms with E-state index in [1.165, 1.54) is 0 Å². The molecule has 5 heteroatoms. The molecule has 1 aliphatic heterocycles. The fourth-order valence-electron chi connectivity index (χ4n) is 2.61. The van der Waals surface area contributed by atoms with Crippen molar-refractivity contribution in [3.8, 4) is 0 Å². The lowest BCUT2D eigenvalue weighted by Crippen LogP contribution is -2.34. The van der Waals surface area contributed by atoms with Crippen molar-refractivity contribution in [1.29, 1.82) is 0 Å². The van der Waals surface area contributed by atoms with Crippen LogP contribution in [0.2, 0.25) is 0 Å². The zero-order valence-electron chi connectivity index (χ0n) is 11.5. The molecular formula is C13H21ClN4. The van der Waals surface area contributed by atoms with Crippen LogP contribution >= 0.6 is 11.6 Å². The SMILES string of the molecule is Cc1cc(CCl)nc(N2CC(C)C(N(C)C)C2)n1. The standard InChI is InChI=1S/C13H21ClN4/c1-9-7-18(8-12(9)17(3)4)13-15-10(2)5-11(6-14)16-13/h5,9,12H,6-8H2,1-4H3. The molecule has 0 amide bonds. The molecule has 100 valence electrons. The highest BCUT2D eigenvalue weighted by Gasteiger charge is 2.32. The Hall–Kier alpha value is -0.870. The van der Waals surface area contributed by atoms with Gasteiger partial charge in [0.2, 0.25) is 5.95 Å². The van der Waals surface area contributed by atoms with Gasteiger partial charge in [-0.3, -0.25) is 0 Å². The van der Waals surface area contributed by atoms with Crippen molar-refractivity contribution in [2.75, 3.05) is 32.1 Å². The van der Waals surface area contributed by atoms with Gasteiger partial charge in [0.05, 0.1) is 11.6 Å². The van der Waals surface area contributed by atoms with Crippen molar-refractivity contribution in [3.63, 3.8) is 0 Å². The molecule has 1 fully saturated rings. The van der Waals surface area contributed by atoms with E-state index in [4.69, 9.17) is 11.6 Å². The van der Waals surface area contributed by atoms with Gasteiger partial charge in [-0.05, 0) is 33.0 Å². The topological polar surface area (TPSA) is 32.3 Å². The van der Waals surface area contributed by atoms with Crippen molar-refractivity contribution in [2.24, 2.45) is 5.92 Å². The van der Waals surface area contributed by atoms with Crippen LogP contribution in [0, 0.1) is 12.8 Å². The van der Waals surface area contributed by atoms with E-state index in [0.29, 0.717) is 17.8 Å². The molecular weight excluding hydrogens is 248 g/mol. The molecule has 2 atom stereocenters. The van der Waals surface area contributed by atoms with E-state index >= 15 is 0 Å². The van der Waals surface area contributed by atoms with Crippen molar-refractivity contribution in [1.82, 2.24) is 14.9 Å². The summed E-state index contributed by atoms with van der Waals surface area (Å²) in [6.07, 6.45) is 0. The molecule has 4 nitrogen and oxygen atoms in total. The van der Waals surface area contributed by atoms with Gasteiger partial charge < -0.3 is 9.80 Å². The summed E-state index contributed by atoms with van der Waals surface area (Å²) < 4.78 is 0. The molecule has 0 aliphatic carbocycles. The zero-order valence-corrected chi connectivity index (χ0v) is 12.3. The number of nitrogens with zero attached hydrogens (tertiary/aromatic N) is 4. The summed E-state index contributed by atoms with van der Waals surface area (Å²) in [5.74, 6) is 1.89. The molecule has 2 unspecified atom stereocenters. The maximum absolute atomic E-state index is 5.87. The van der Waals surface area contributed by atoms with Crippen LogP contribution in [0.4, 0.5) is 5.95 Å². The number of aryl methyl sites for hydroxylation is 1. The number of alkyl halides is 1. The highest BCUT2D eigenvalue weighted by molar-refractivity contribution is 6.16. The molecule has 0 bridgehead atoms. The second kappa shape index (κ2) is 5.41. The van der Waals surface area contributed by atoms with Crippen LogP contribution in [-0.4, -0.2) is 48.1 Å². The molecule has 2 rings (SSSR count). The normalized spacial score (nSPS) is 24.0. The van der Waals surface area contributed by atoms with Crippen LogP contribution in [0.15, 0.2) is 6.07 Å². The maximum Gasteiger partial charge on any atom is 0.225 e. The van der Waals surface area contributed by atoms with Crippen LogP contribution in [-0.2, 0) is 5.88 Å². The highest BCUT2D eigenvalue weighted by atomic mass is 35.5. The third-order valence-corrected chi connectivity index (χ3v) is 3.82. The van der Waals surface area contributed by atoms with Crippen LogP contribution in [0.25, 0.3) is 0 Å². The maximum atomic E-state index is 5.87. The third-order valence-electron chi connectivity index (χ3n) is 3.55. The Morgan fingerprint density at radius 2 is 2.11 bits per heavy atom. The average molecular weight is 269 g/mol. The monoisotopic (exact) mass is 268 g/mol. The van der Waals surface area contributed by atoms with Gasteiger partial charge >= 0.3 is 0 Å². The van der Waals surface area contributed by atoms with E-state index < -0.39 is 0 Å². The predicted molar refractivity (Wildman–Crippen MR) is 75.2 cm³/mol. The minimum Gasteiger partial charge on any atom is -0.339 e. The van der Waals surface area contributed by atoms with E-state index in [2.05, 4.69) is 40.8 Å². The van der Waals surface area contributed by atoms with E-state index in [-0.39, 0.29) is 0 Å². The fourth-order valence-corrected chi connectivity index (χ4v) is 2.75. The first kappa shape index (κ1) is 13.6. The van der Waals surface area contributed by atoms with Gasteiger partial charge in [-0.25, -0.2) is 9.97 Å². The second-order valence-electron chi connectivity index (χ2n) is 5.35. The molecule has 0 radical (unpaired) electrons. The molecule has 2 heterocycles. The lowest BCUT2D eigenvalue weighted by molar-refractivity contribution is 0.266. The predicted octanol–water partition coefficient (Wildman–Crippen LogP) is 1.91. The van der Waals surface area contributed by atoms with E-state index in [1.54, 1.807) is 0 Å². The average Bonchev–Trinajstić information content (AvgIpc) is 2.70. The first-order valence-electron chi connectivity index (χ1n) is 6.33.